The summed E-state index contributed by atoms with van der Waals surface area (Å²) in [6.45, 7) is 0.997. The summed E-state index contributed by atoms with van der Waals surface area (Å²) in [4.78, 5) is 14.1. The number of carbonyl (C=O) groups is 1. The summed E-state index contributed by atoms with van der Waals surface area (Å²) in [5.41, 5.74) is 0. The van der Waals surface area contributed by atoms with Crippen LogP contribution in [0.15, 0.2) is 0 Å². The van der Waals surface area contributed by atoms with E-state index in [1.807, 2.05) is 11.9 Å². The van der Waals surface area contributed by atoms with Gasteiger partial charge in [-0.25, -0.2) is 0 Å². The number of hydrogen-bond acceptors (Lipinski definition) is 2. The molecule has 2 heterocycles. The lowest BCUT2D eigenvalue weighted by Gasteiger charge is -2.30. The average molecular weight is 236 g/mol. The van der Waals surface area contributed by atoms with Gasteiger partial charge in [-0.1, -0.05) is 0 Å². The molecule has 3 fully saturated rings. The standard InChI is InChI=1S/C14H24N2O/c1-16(9-10-2-3-10)14(17)8-11-6-12-4-5-13(7-11)15-12/h10-13,15H,2-9H2,1H3. The molecule has 1 aliphatic carbocycles. The van der Waals surface area contributed by atoms with Gasteiger partial charge in [0.25, 0.3) is 0 Å². The minimum absolute atomic E-state index is 0.378. The molecule has 3 heteroatoms. The monoisotopic (exact) mass is 236 g/mol. The van der Waals surface area contributed by atoms with Crippen LogP contribution in [0.25, 0.3) is 0 Å². The van der Waals surface area contributed by atoms with Crippen LogP contribution in [-0.2, 0) is 4.79 Å². The Bertz CT molecular complexity index is 289. The highest BCUT2D eigenvalue weighted by Crippen LogP contribution is 2.33. The Kier molecular flexibility index (Phi) is 3.12. The van der Waals surface area contributed by atoms with Gasteiger partial charge in [0.1, 0.15) is 0 Å². The molecule has 2 saturated heterocycles. The smallest absolute Gasteiger partial charge is 0.222 e. The van der Waals surface area contributed by atoms with Crippen LogP contribution in [0.5, 0.6) is 0 Å². The van der Waals surface area contributed by atoms with Crippen molar-refractivity contribution in [3.05, 3.63) is 0 Å². The van der Waals surface area contributed by atoms with Gasteiger partial charge >= 0.3 is 0 Å². The lowest BCUT2D eigenvalue weighted by atomic mass is 9.89. The molecule has 3 rings (SSSR count). The molecule has 2 atom stereocenters. The third-order valence-electron chi connectivity index (χ3n) is 4.69. The highest BCUT2D eigenvalue weighted by molar-refractivity contribution is 5.76. The summed E-state index contributed by atoms with van der Waals surface area (Å²) >= 11 is 0. The molecule has 2 aliphatic heterocycles. The molecule has 0 aromatic carbocycles. The van der Waals surface area contributed by atoms with Crippen molar-refractivity contribution >= 4 is 5.91 Å². The zero-order valence-electron chi connectivity index (χ0n) is 10.8. The molecule has 2 unspecified atom stereocenters. The van der Waals surface area contributed by atoms with Gasteiger partial charge in [-0.3, -0.25) is 4.79 Å². The molecule has 0 aromatic heterocycles. The third-order valence-corrected chi connectivity index (χ3v) is 4.69. The summed E-state index contributed by atoms with van der Waals surface area (Å²) in [5, 5.41) is 3.64. The molecule has 0 aromatic rings. The van der Waals surface area contributed by atoms with E-state index in [0.717, 1.165) is 18.9 Å². The minimum Gasteiger partial charge on any atom is -0.345 e. The van der Waals surface area contributed by atoms with Gasteiger partial charge in [-0.05, 0) is 50.4 Å². The van der Waals surface area contributed by atoms with E-state index in [2.05, 4.69) is 5.32 Å². The maximum atomic E-state index is 12.1. The van der Waals surface area contributed by atoms with Crippen LogP contribution in [0.3, 0.4) is 0 Å². The van der Waals surface area contributed by atoms with E-state index in [0.29, 0.717) is 23.9 Å². The Balaban J connectivity index is 1.47. The van der Waals surface area contributed by atoms with Crippen molar-refractivity contribution in [2.45, 2.75) is 57.0 Å². The fraction of sp³-hybridized carbons (Fsp3) is 0.929. The first-order chi connectivity index (χ1) is 8.20. The molecule has 3 aliphatic rings. The van der Waals surface area contributed by atoms with Crippen LogP contribution in [0.4, 0.5) is 0 Å². The van der Waals surface area contributed by atoms with Gasteiger partial charge < -0.3 is 10.2 Å². The number of hydrogen-bond donors (Lipinski definition) is 1. The van der Waals surface area contributed by atoms with Crippen molar-refractivity contribution in [1.82, 2.24) is 10.2 Å². The Labute approximate surface area is 104 Å². The predicted octanol–water partition coefficient (Wildman–Crippen LogP) is 1.78. The molecular formula is C14H24N2O. The minimum atomic E-state index is 0.378. The van der Waals surface area contributed by atoms with Crippen molar-refractivity contribution < 1.29 is 4.79 Å². The van der Waals surface area contributed by atoms with Crippen molar-refractivity contribution in [3.63, 3.8) is 0 Å². The molecule has 17 heavy (non-hydrogen) atoms. The fourth-order valence-corrected chi connectivity index (χ4v) is 3.53. The van der Waals surface area contributed by atoms with Crippen LogP contribution in [0.2, 0.25) is 0 Å². The van der Waals surface area contributed by atoms with E-state index in [1.54, 1.807) is 0 Å². The van der Waals surface area contributed by atoms with E-state index in [-0.39, 0.29) is 0 Å². The van der Waals surface area contributed by atoms with E-state index in [4.69, 9.17) is 0 Å². The second kappa shape index (κ2) is 4.60. The highest BCUT2D eigenvalue weighted by Gasteiger charge is 2.35. The van der Waals surface area contributed by atoms with Gasteiger partial charge in [0.15, 0.2) is 0 Å². The van der Waals surface area contributed by atoms with Gasteiger partial charge in [0.05, 0.1) is 0 Å². The highest BCUT2D eigenvalue weighted by atomic mass is 16.2. The molecule has 96 valence electrons. The molecule has 0 radical (unpaired) electrons. The Hall–Kier alpha value is -0.570. The lowest BCUT2D eigenvalue weighted by molar-refractivity contribution is -0.131. The number of nitrogens with zero attached hydrogens (tertiary/aromatic N) is 1. The second-order valence-electron chi connectivity index (χ2n) is 6.40. The third kappa shape index (κ3) is 2.82. The van der Waals surface area contributed by atoms with Crippen LogP contribution >= 0.6 is 0 Å². The van der Waals surface area contributed by atoms with E-state index in [1.165, 1.54) is 38.5 Å². The molecule has 1 amide bonds. The van der Waals surface area contributed by atoms with Crippen molar-refractivity contribution in [3.8, 4) is 0 Å². The first-order valence-corrected chi connectivity index (χ1v) is 7.20. The first kappa shape index (κ1) is 11.5. The van der Waals surface area contributed by atoms with Crippen LogP contribution in [0.1, 0.15) is 44.9 Å². The second-order valence-corrected chi connectivity index (χ2v) is 6.40. The topological polar surface area (TPSA) is 32.3 Å². The van der Waals surface area contributed by atoms with Crippen molar-refractivity contribution in [2.24, 2.45) is 11.8 Å². The largest absolute Gasteiger partial charge is 0.345 e. The zero-order chi connectivity index (χ0) is 11.8. The number of fused-ring (bicyclic) bond motifs is 2. The Morgan fingerprint density at radius 1 is 1.12 bits per heavy atom. The Morgan fingerprint density at radius 2 is 1.76 bits per heavy atom. The summed E-state index contributed by atoms with van der Waals surface area (Å²) in [5.74, 6) is 1.83. The van der Waals surface area contributed by atoms with Crippen LogP contribution in [-0.4, -0.2) is 36.5 Å². The molecular weight excluding hydrogens is 212 g/mol. The average Bonchev–Trinajstić information content (AvgIpc) is 3.04. The van der Waals surface area contributed by atoms with E-state index >= 15 is 0 Å². The van der Waals surface area contributed by atoms with Gasteiger partial charge in [0.2, 0.25) is 5.91 Å². The fourth-order valence-electron chi connectivity index (χ4n) is 3.53. The number of amides is 1. The maximum absolute atomic E-state index is 12.1. The van der Waals surface area contributed by atoms with Crippen molar-refractivity contribution in [1.29, 1.82) is 0 Å². The zero-order valence-corrected chi connectivity index (χ0v) is 10.8. The van der Waals surface area contributed by atoms with Gasteiger partial charge in [-0.2, -0.15) is 0 Å². The molecule has 0 spiro atoms. The predicted molar refractivity (Wildman–Crippen MR) is 67.6 cm³/mol. The number of carbonyl (C=O) groups excluding carboxylic acids is 1. The van der Waals surface area contributed by atoms with Crippen LogP contribution < -0.4 is 5.32 Å². The van der Waals surface area contributed by atoms with Gasteiger partial charge in [0, 0.05) is 32.1 Å². The number of rotatable bonds is 4. The summed E-state index contributed by atoms with van der Waals surface area (Å²) in [7, 11) is 1.98. The van der Waals surface area contributed by atoms with Crippen LogP contribution in [0, 0.1) is 11.8 Å². The number of nitrogens with one attached hydrogen (secondary N) is 1. The first-order valence-electron chi connectivity index (χ1n) is 7.20. The molecule has 2 bridgehead atoms. The summed E-state index contributed by atoms with van der Waals surface area (Å²) < 4.78 is 0. The van der Waals surface area contributed by atoms with E-state index < -0.39 is 0 Å². The normalized spacial score (nSPS) is 35.9. The van der Waals surface area contributed by atoms with E-state index in [9.17, 15) is 4.79 Å². The SMILES string of the molecule is CN(CC1CC1)C(=O)CC1CC2CCC(C1)N2. The molecule has 1 saturated carbocycles. The molecule has 3 nitrogen and oxygen atoms in total. The molecule has 1 N–H and O–H groups in total. The lowest BCUT2D eigenvalue weighted by Crippen LogP contribution is -2.40. The maximum Gasteiger partial charge on any atom is 0.222 e. The Morgan fingerprint density at radius 3 is 2.35 bits per heavy atom. The summed E-state index contributed by atoms with van der Waals surface area (Å²) in [6, 6.07) is 1.42. The number of piperidine rings is 1. The van der Waals surface area contributed by atoms with Gasteiger partial charge in [-0.15, -0.1) is 0 Å². The summed E-state index contributed by atoms with van der Waals surface area (Å²) in [6.07, 6.45) is 8.54. The van der Waals surface area contributed by atoms with Crippen molar-refractivity contribution in [2.75, 3.05) is 13.6 Å². The quantitative estimate of drug-likeness (QED) is 0.807.